The Bertz CT molecular complexity index is 1140. The fraction of sp³-hybridized carbons (Fsp3) is 0.500. The SMILES string of the molecule is CC(C)(C)Oc1ccc(CC2=C3OC(C)(C)OC3C(Cc3ccc(OC(C)(C)C)cc3)NC(=O)N2)cc1. The molecule has 7 nitrogen and oxygen atoms in total. The average molecular weight is 509 g/mol. The van der Waals surface area contributed by atoms with Crippen LogP contribution >= 0.6 is 0 Å². The first-order valence-electron chi connectivity index (χ1n) is 12.9. The third-order valence-corrected chi connectivity index (χ3v) is 5.80. The molecule has 2 aliphatic rings. The number of hydrogen-bond donors (Lipinski definition) is 2. The summed E-state index contributed by atoms with van der Waals surface area (Å²) in [4.78, 5) is 12.9. The maximum absolute atomic E-state index is 12.9. The summed E-state index contributed by atoms with van der Waals surface area (Å²) in [6.07, 6.45) is 0.668. The van der Waals surface area contributed by atoms with E-state index in [9.17, 15) is 4.79 Å². The van der Waals surface area contributed by atoms with Crippen molar-refractivity contribution in [1.82, 2.24) is 10.6 Å². The van der Waals surface area contributed by atoms with Crippen molar-refractivity contribution in [3.8, 4) is 11.5 Å². The maximum atomic E-state index is 12.9. The van der Waals surface area contributed by atoms with E-state index in [0.29, 0.717) is 24.3 Å². The molecule has 2 atom stereocenters. The molecule has 0 aliphatic carbocycles. The highest BCUT2D eigenvalue weighted by molar-refractivity contribution is 5.77. The molecule has 37 heavy (non-hydrogen) atoms. The molecule has 2 heterocycles. The van der Waals surface area contributed by atoms with E-state index in [0.717, 1.165) is 22.6 Å². The summed E-state index contributed by atoms with van der Waals surface area (Å²) in [7, 11) is 0. The second-order valence-electron chi connectivity index (χ2n) is 12.2. The Morgan fingerprint density at radius 2 is 1.35 bits per heavy atom. The molecule has 1 fully saturated rings. The Kier molecular flexibility index (Phi) is 7.21. The minimum absolute atomic E-state index is 0.265. The van der Waals surface area contributed by atoms with Crippen LogP contribution in [0.25, 0.3) is 0 Å². The van der Waals surface area contributed by atoms with Crippen LogP contribution in [-0.4, -0.2) is 35.2 Å². The second-order valence-corrected chi connectivity index (χ2v) is 12.2. The Hall–Kier alpha value is -3.19. The molecule has 2 aliphatic heterocycles. The third-order valence-electron chi connectivity index (χ3n) is 5.80. The number of fused-ring (bicyclic) bond motifs is 1. The van der Waals surface area contributed by atoms with E-state index in [4.69, 9.17) is 18.9 Å². The molecule has 1 saturated heterocycles. The fourth-order valence-corrected chi connectivity index (χ4v) is 4.51. The van der Waals surface area contributed by atoms with Crippen LogP contribution in [0.1, 0.15) is 66.5 Å². The molecule has 0 radical (unpaired) electrons. The topological polar surface area (TPSA) is 78.1 Å². The molecule has 2 aromatic rings. The van der Waals surface area contributed by atoms with Crippen LogP contribution in [0, 0.1) is 0 Å². The molecule has 0 saturated carbocycles. The van der Waals surface area contributed by atoms with Crippen LogP contribution in [0.4, 0.5) is 4.79 Å². The summed E-state index contributed by atoms with van der Waals surface area (Å²) in [6.45, 7) is 15.9. The van der Waals surface area contributed by atoms with Crippen LogP contribution < -0.4 is 20.1 Å². The molecule has 4 rings (SSSR count). The lowest BCUT2D eigenvalue weighted by Gasteiger charge is -2.24. The lowest BCUT2D eigenvalue weighted by atomic mass is 9.98. The van der Waals surface area contributed by atoms with Crippen molar-refractivity contribution >= 4 is 6.03 Å². The molecule has 2 amide bonds. The molecule has 2 aromatic carbocycles. The highest BCUT2D eigenvalue weighted by Gasteiger charge is 2.46. The zero-order chi connectivity index (χ0) is 27.0. The number of hydrogen-bond acceptors (Lipinski definition) is 5. The quantitative estimate of drug-likeness (QED) is 0.510. The van der Waals surface area contributed by atoms with Gasteiger partial charge in [0.1, 0.15) is 28.8 Å². The van der Waals surface area contributed by atoms with Gasteiger partial charge in [0.2, 0.25) is 5.79 Å². The highest BCUT2D eigenvalue weighted by Crippen LogP contribution is 2.37. The van der Waals surface area contributed by atoms with Gasteiger partial charge in [-0.3, -0.25) is 0 Å². The smallest absolute Gasteiger partial charge is 0.319 e. The predicted molar refractivity (Wildman–Crippen MR) is 144 cm³/mol. The Labute approximate surface area is 220 Å². The van der Waals surface area contributed by atoms with Crippen LogP contribution in [0.2, 0.25) is 0 Å². The highest BCUT2D eigenvalue weighted by atomic mass is 16.7. The first-order chi connectivity index (χ1) is 17.2. The van der Waals surface area contributed by atoms with Gasteiger partial charge in [-0.05, 0) is 83.4 Å². The van der Waals surface area contributed by atoms with Gasteiger partial charge in [-0.25, -0.2) is 4.79 Å². The van der Waals surface area contributed by atoms with Gasteiger partial charge < -0.3 is 29.6 Å². The summed E-state index contributed by atoms with van der Waals surface area (Å²) >= 11 is 0. The van der Waals surface area contributed by atoms with Gasteiger partial charge in [0, 0.05) is 20.3 Å². The minimum atomic E-state index is -0.804. The molecule has 0 spiro atoms. The van der Waals surface area contributed by atoms with Crippen molar-refractivity contribution in [1.29, 1.82) is 0 Å². The van der Waals surface area contributed by atoms with Gasteiger partial charge in [0.15, 0.2) is 5.76 Å². The predicted octanol–water partition coefficient (Wildman–Crippen LogP) is 5.87. The van der Waals surface area contributed by atoms with Crippen LogP contribution in [0.5, 0.6) is 11.5 Å². The molecule has 7 heteroatoms. The first kappa shape index (κ1) is 26.9. The van der Waals surface area contributed by atoms with Crippen molar-refractivity contribution in [2.24, 2.45) is 0 Å². The summed E-state index contributed by atoms with van der Waals surface area (Å²) < 4.78 is 24.5. The van der Waals surface area contributed by atoms with E-state index in [-0.39, 0.29) is 23.3 Å². The van der Waals surface area contributed by atoms with Gasteiger partial charge in [-0.1, -0.05) is 24.3 Å². The number of rotatable bonds is 6. The van der Waals surface area contributed by atoms with E-state index in [1.807, 2.05) is 104 Å². The zero-order valence-corrected chi connectivity index (χ0v) is 23.2. The normalized spacial score (nSPS) is 21.4. The van der Waals surface area contributed by atoms with E-state index in [1.54, 1.807) is 0 Å². The van der Waals surface area contributed by atoms with Crippen LogP contribution in [0.15, 0.2) is 60.0 Å². The lowest BCUT2D eigenvalue weighted by molar-refractivity contribution is -0.137. The average Bonchev–Trinajstić information content (AvgIpc) is 3.03. The summed E-state index contributed by atoms with van der Waals surface area (Å²) in [5.41, 5.74) is 2.27. The molecule has 0 bridgehead atoms. The number of amides is 2. The van der Waals surface area contributed by atoms with E-state index in [1.165, 1.54) is 0 Å². The van der Waals surface area contributed by atoms with Gasteiger partial charge in [0.25, 0.3) is 0 Å². The molecule has 2 N–H and O–H groups in total. The van der Waals surface area contributed by atoms with Crippen molar-refractivity contribution in [2.75, 3.05) is 0 Å². The van der Waals surface area contributed by atoms with E-state index < -0.39 is 11.9 Å². The molecular weight excluding hydrogens is 468 g/mol. The maximum Gasteiger partial charge on any atom is 0.319 e. The number of urea groups is 1. The van der Waals surface area contributed by atoms with E-state index >= 15 is 0 Å². The number of ether oxygens (including phenoxy) is 4. The molecule has 0 aromatic heterocycles. The van der Waals surface area contributed by atoms with Gasteiger partial charge >= 0.3 is 6.03 Å². The van der Waals surface area contributed by atoms with Gasteiger partial charge in [-0.15, -0.1) is 0 Å². The Morgan fingerprint density at radius 1 is 0.838 bits per heavy atom. The minimum Gasteiger partial charge on any atom is -0.488 e. The number of carbonyl (C=O) groups excluding carboxylic acids is 1. The zero-order valence-electron chi connectivity index (χ0n) is 23.2. The van der Waals surface area contributed by atoms with Gasteiger partial charge in [0.05, 0.1) is 11.7 Å². The van der Waals surface area contributed by atoms with Crippen molar-refractivity contribution in [3.63, 3.8) is 0 Å². The van der Waals surface area contributed by atoms with Crippen molar-refractivity contribution < 1.29 is 23.7 Å². The fourth-order valence-electron chi connectivity index (χ4n) is 4.51. The number of carbonyl (C=O) groups is 1. The van der Waals surface area contributed by atoms with Crippen molar-refractivity contribution in [3.05, 3.63) is 71.1 Å². The number of nitrogens with one attached hydrogen (secondary N) is 2. The molecular formula is C30H40N2O5. The Balaban J connectivity index is 1.55. The Morgan fingerprint density at radius 3 is 1.86 bits per heavy atom. The largest absolute Gasteiger partial charge is 0.488 e. The van der Waals surface area contributed by atoms with E-state index in [2.05, 4.69) is 10.6 Å². The first-order valence-corrected chi connectivity index (χ1v) is 12.9. The monoisotopic (exact) mass is 508 g/mol. The second kappa shape index (κ2) is 9.93. The number of benzene rings is 2. The van der Waals surface area contributed by atoms with Gasteiger partial charge in [-0.2, -0.15) is 0 Å². The summed E-state index contributed by atoms with van der Waals surface area (Å²) in [5.74, 6) is 1.48. The molecule has 2 unspecified atom stereocenters. The van der Waals surface area contributed by atoms with Crippen LogP contribution in [-0.2, 0) is 22.3 Å². The summed E-state index contributed by atoms with van der Waals surface area (Å²) in [5, 5.41) is 6.11. The number of allylic oxidation sites excluding steroid dienone is 1. The van der Waals surface area contributed by atoms with Crippen molar-refractivity contribution in [2.45, 2.75) is 97.4 Å². The molecule has 200 valence electrons. The standard InChI is InChI=1S/C30H40N2O5/c1-28(2,3)34-21-13-9-19(10-14-21)17-23-25-26(37-30(7,8)36-25)24(32-27(33)31-23)18-20-11-15-22(16-12-20)35-29(4,5)6/h9-16,23,25H,17-18H2,1-8H3,(H2,31,32,33). The lowest BCUT2D eigenvalue weighted by Crippen LogP contribution is -2.46. The third kappa shape index (κ3) is 7.41. The van der Waals surface area contributed by atoms with Crippen LogP contribution in [0.3, 0.4) is 0 Å². The summed E-state index contributed by atoms with van der Waals surface area (Å²) in [6, 6.07) is 15.3.